The van der Waals surface area contributed by atoms with Gasteiger partial charge in [0.1, 0.15) is 17.1 Å². The van der Waals surface area contributed by atoms with Gasteiger partial charge in [0.05, 0.1) is 7.11 Å². The smallest absolute Gasteiger partial charge is 0.340 e. The molecule has 2 aromatic rings. The number of hydrogen-bond acceptors (Lipinski definition) is 3. The average Bonchev–Trinajstić information content (AvgIpc) is 3.03. The van der Waals surface area contributed by atoms with Gasteiger partial charge in [-0.2, -0.15) is 0 Å². The minimum absolute atomic E-state index is 0.125. The van der Waals surface area contributed by atoms with Crippen LogP contribution in [-0.2, 0) is 6.42 Å². The molecule has 0 unspecified atom stereocenters. The number of phenols is 1. The summed E-state index contributed by atoms with van der Waals surface area (Å²) >= 11 is 0. The predicted octanol–water partition coefficient (Wildman–Crippen LogP) is 4.11. The first-order valence-electron chi connectivity index (χ1n) is 7.54. The summed E-state index contributed by atoms with van der Waals surface area (Å²) in [6.07, 6.45) is 9.31. The fraction of sp³-hybridized carbons (Fsp3) is 0.211. The van der Waals surface area contributed by atoms with Crippen molar-refractivity contribution in [2.75, 3.05) is 7.11 Å². The Bertz CT molecular complexity index is 782. The summed E-state index contributed by atoms with van der Waals surface area (Å²) in [6, 6.07) is 3.50. The van der Waals surface area contributed by atoms with E-state index in [0.29, 0.717) is 23.3 Å². The average molecular weight is 327 g/mol. The van der Waals surface area contributed by atoms with Crippen molar-refractivity contribution in [3.05, 3.63) is 58.4 Å². The maximum Gasteiger partial charge on any atom is 0.340 e. The van der Waals surface area contributed by atoms with Gasteiger partial charge in [-0.1, -0.05) is 23.8 Å². The van der Waals surface area contributed by atoms with Crippen molar-refractivity contribution in [1.29, 1.82) is 0 Å². The Morgan fingerprint density at radius 2 is 2.08 bits per heavy atom. The van der Waals surface area contributed by atoms with Gasteiger partial charge in [0.2, 0.25) is 0 Å². The number of aromatic amines is 1. The largest absolute Gasteiger partial charge is 0.507 e. The first-order valence-corrected chi connectivity index (χ1v) is 7.54. The molecule has 0 fully saturated rings. The van der Waals surface area contributed by atoms with Crippen molar-refractivity contribution in [2.45, 2.75) is 20.3 Å². The van der Waals surface area contributed by atoms with Crippen molar-refractivity contribution >= 4 is 18.1 Å². The lowest BCUT2D eigenvalue weighted by Gasteiger charge is -2.14. The van der Waals surface area contributed by atoms with E-state index in [1.54, 1.807) is 30.6 Å². The lowest BCUT2D eigenvalue weighted by Crippen LogP contribution is -2.04. The molecule has 2 rings (SSSR count). The number of H-pyrrole nitrogens is 1. The Labute approximate surface area is 140 Å². The molecular formula is C19H21NO4. The topological polar surface area (TPSA) is 82.6 Å². The van der Waals surface area contributed by atoms with Crippen LogP contribution in [0.2, 0.25) is 0 Å². The van der Waals surface area contributed by atoms with E-state index in [-0.39, 0.29) is 11.3 Å². The highest BCUT2D eigenvalue weighted by Gasteiger charge is 2.21. The molecule has 0 amide bonds. The molecule has 0 aliphatic carbocycles. The summed E-state index contributed by atoms with van der Waals surface area (Å²) < 4.78 is 5.35. The lowest BCUT2D eigenvalue weighted by atomic mass is 9.97. The van der Waals surface area contributed by atoms with Crippen molar-refractivity contribution in [1.82, 2.24) is 4.98 Å². The number of carboxylic acid groups (broad SMARTS) is 1. The number of rotatable bonds is 6. The molecule has 0 spiro atoms. The Kier molecular flexibility index (Phi) is 5.47. The first-order chi connectivity index (χ1) is 11.4. The lowest BCUT2D eigenvalue weighted by molar-refractivity contribution is 0.0693. The van der Waals surface area contributed by atoms with Crippen LogP contribution in [0.5, 0.6) is 11.5 Å². The molecule has 0 aliphatic heterocycles. The van der Waals surface area contributed by atoms with Gasteiger partial charge < -0.3 is 19.9 Å². The second-order valence-electron chi connectivity index (χ2n) is 5.64. The SMILES string of the molecule is COc1cc(/C=C/c2cc[nH]c2)c(C(=O)O)c(O)c1CC=C(C)C. The zero-order valence-corrected chi connectivity index (χ0v) is 14.0. The monoisotopic (exact) mass is 327 g/mol. The Morgan fingerprint density at radius 1 is 1.33 bits per heavy atom. The number of aromatic nitrogens is 1. The van der Waals surface area contributed by atoms with E-state index in [1.807, 2.05) is 26.0 Å². The number of aromatic carboxylic acids is 1. The molecule has 1 aromatic heterocycles. The molecule has 0 saturated heterocycles. The summed E-state index contributed by atoms with van der Waals surface area (Å²) in [5, 5.41) is 20.0. The fourth-order valence-electron chi connectivity index (χ4n) is 2.37. The van der Waals surface area contributed by atoms with Gasteiger partial charge in [0, 0.05) is 18.0 Å². The minimum atomic E-state index is -1.18. The molecular weight excluding hydrogens is 306 g/mol. The highest BCUT2D eigenvalue weighted by Crippen LogP contribution is 2.36. The molecule has 24 heavy (non-hydrogen) atoms. The van der Waals surface area contributed by atoms with Gasteiger partial charge in [0.15, 0.2) is 0 Å². The number of benzene rings is 1. The molecule has 0 aliphatic rings. The molecule has 1 heterocycles. The van der Waals surface area contributed by atoms with Gasteiger partial charge in [0.25, 0.3) is 0 Å². The Morgan fingerprint density at radius 3 is 2.62 bits per heavy atom. The van der Waals surface area contributed by atoms with E-state index < -0.39 is 5.97 Å². The molecule has 0 bridgehead atoms. The van der Waals surface area contributed by atoms with Crippen LogP contribution in [-0.4, -0.2) is 28.3 Å². The second-order valence-corrected chi connectivity index (χ2v) is 5.64. The predicted molar refractivity (Wildman–Crippen MR) is 94.5 cm³/mol. The number of carboxylic acids is 1. The van der Waals surface area contributed by atoms with Crippen LogP contribution in [0.1, 0.15) is 40.9 Å². The third kappa shape index (κ3) is 3.87. The van der Waals surface area contributed by atoms with Crippen LogP contribution in [0.15, 0.2) is 36.2 Å². The van der Waals surface area contributed by atoms with Crippen molar-refractivity contribution in [2.24, 2.45) is 0 Å². The number of allylic oxidation sites excluding steroid dienone is 2. The summed E-state index contributed by atoms with van der Waals surface area (Å²) in [7, 11) is 1.50. The number of ether oxygens (including phenoxy) is 1. The molecule has 0 radical (unpaired) electrons. The van der Waals surface area contributed by atoms with Crippen molar-refractivity contribution < 1.29 is 19.7 Å². The van der Waals surface area contributed by atoms with Crippen molar-refractivity contribution in [3.63, 3.8) is 0 Å². The number of hydrogen-bond donors (Lipinski definition) is 3. The summed E-state index contributed by atoms with van der Waals surface area (Å²) in [5.74, 6) is -0.973. The van der Waals surface area contributed by atoms with Gasteiger partial charge in [-0.05, 0) is 43.5 Å². The quantitative estimate of drug-likeness (QED) is 0.697. The first kappa shape index (κ1) is 17.4. The maximum absolute atomic E-state index is 11.6. The molecule has 0 atom stereocenters. The summed E-state index contributed by atoms with van der Waals surface area (Å²) in [4.78, 5) is 14.6. The summed E-state index contributed by atoms with van der Waals surface area (Å²) in [6.45, 7) is 3.88. The molecule has 1 aromatic carbocycles. The van der Waals surface area contributed by atoms with Crippen LogP contribution in [0.25, 0.3) is 12.2 Å². The minimum Gasteiger partial charge on any atom is -0.507 e. The van der Waals surface area contributed by atoms with E-state index >= 15 is 0 Å². The number of aromatic hydroxyl groups is 1. The van der Waals surface area contributed by atoms with E-state index in [0.717, 1.165) is 11.1 Å². The number of nitrogens with one attached hydrogen (secondary N) is 1. The van der Waals surface area contributed by atoms with Crippen LogP contribution < -0.4 is 4.74 Å². The van der Waals surface area contributed by atoms with E-state index in [9.17, 15) is 15.0 Å². The number of carbonyl (C=O) groups is 1. The van der Waals surface area contributed by atoms with Gasteiger partial charge in [-0.15, -0.1) is 0 Å². The standard InChI is InChI=1S/C19H21NO4/c1-12(2)4-7-15-16(24-3)10-14(17(18(15)21)19(22)23)6-5-13-8-9-20-11-13/h4-6,8-11,20-21H,7H2,1-3H3,(H,22,23)/b6-5+. The summed E-state index contributed by atoms with van der Waals surface area (Å²) in [5.41, 5.74) is 2.71. The Hall–Kier alpha value is -2.95. The van der Waals surface area contributed by atoms with Gasteiger partial charge in [-0.25, -0.2) is 4.79 Å². The molecule has 126 valence electrons. The fourth-order valence-corrected chi connectivity index (χ4v) is 2.37. The molecule has 5 heteroatoms. The highest BCUT2D eigenvalue weighted by molar-refractivity contribution is 5.97. The van der Waals surface area contributed by atoms with Crippen molar-refractivity contribution in [3.8, 4) is 11.5 Å². The maximum atomic E-state index is 11.6. The van der Waals surface area contributed by atoms with E-state index in [1.165, 1.54) is 7.11 Å². The third-order valence-electron chi connectivity index (χ3n) is 3.62. The molecule has 3 N–H and O–H groups in total. The van der Waals surface area contributed by atoms with E-state index in [4.69, 9.17) is 4.74 Å². The van der Waals surface area contributed by atoms with Gasteiger partial charge in [-0.3, -0.25) is 0 Å². The Balaban J connectivity index is 2.56. The second kappa shape index (κ2) is 7.55. The number of methoxy groups -OCH3 is 1. The zero-order valence-electron chi connectivity index (χ0n) is 14.0. The van der Waals surface area contributed by atoms with Crippen LogP contribution >= 0.6 is 0 Å². The molecule has 0 saturated carbocycles. The van der Waals surface area contributed by atoms with E-state index in [2.05, 4.69) is 4.98 Å². The van der Waals surface area contributed by atoms with Gasteiger partial charge >= 0.3 is 5.97 Å². The zero-order chi connectivity index (χ0) is 17.7. The molecule has 5 nitrogen and oxygen atoms in total. The normalized spacial score (nSPS) is 10.8. The third-order valence-corrected chi connectivity index (χ3v) is 3.62. The van der Waals surface area contributed by atoms with Crippen LogP contribution in [0.3, 0.4) is 0 Å². The van der Waals surface area contributed by atoms with Crippen LogP contribution in [0.4, 0.5) is 0 Å². The van der Waals surface area contributed by atoms with Crippen LogP contribution in [0, 0.1) is 0 Å². The highest BCUT2D eigenvalue weighted by atomic mass is 16.5.